The molecule has 4 rings (SSSR count). The zero-order valence-corrected chi connectivity index (χ0v) is 18.0. The van der Waals surface area contributed by atoms with Gasteiger partial charge in [-0.05, 0) is 47.6 Å². The van der Waals surface area contributed by atoms with Gasteiger partial charge < -0.3 is 15.0 Å². The van der Waals surface area contributed by atoms with Crippen LogP contribution in [0.3, 0.4) is 0 Å². The van der Waals surface area contributed by atoms with Gasteiger partial charge in [0.2, 0.25) is 0 Å². The van der Waals surface area contributed by atoms with E-state index in [-0.39, 0.29) is 50.7 Å². The molecule has 1 aromatic heterocycles. The highest BCUT2D eigenvalue weighted by Crippen LogP contribution is 2.35. The lowest BCUT2D eigenvalue weighted by atomic mass is 10.2. The minimum absolute atomic E-state index is 0.00191. The Balaban J connectivity index is 1.53. The van der Waals surface area contributed by atoms with Crippen molar-refractivity contribution in [1.29, 1.82) is 5.26 Å². The Morgan fingerprint density at radius 1 is 1.21 bits per heavy atom. The van der Waals surface area contributed by atoms with Crippen LogP contribution < -0.4 is 10.1 Å². The summed E-state index contributed by atoms with van der Waals surface area (Å²) >= 11 is 12.1. The first-order chi connectivity index (χ1) is 15.9. The van der Waals surface area contributed by atoms with E-state index in [0.717, 1.165) is 0 Å². The number of aromatic nitrogens is 2. The Morgan fingerprint density at radius 3 is 2.79 bits per heavy atom. The molecule has 0 bridgehead atoms. The monoisotopic (exact) mass is 483 g/mol. The lowest BCUT2D eigenvalue weighted by molar-refractivity contribution is 0.0941. The van der Waals surface area contributed by atoms with Crippen LogP contribution in [0.1, 0.15) is 21.7 Å². The summed E-state index contributed by atoms with van der Waals surface area (Å²) in [6, 6.07) is 13.5. The third kappa shape index (κ3) is 4.77. The van der Waals surface area contributed by atoms with Crippen LogP contribution in [-0.2, 0) is 6.54 Å². The van der Waals surface area contributed by atoms with Gasteiger partial charge in [0.15, 0.2) is 17.4 Å². The van der Waals surface area contributed by atoms with E-state index in [1.54, 1.807) is 6.07 Å². The van der Waals surface area contributed by atoms with Crippen LogP contribution in [0.25, 0.3) is 11.0 Å². The minimum Gasteiger partial charge on any atom is -0.453 e. The molecule has 2 N–H and O–H groups in total. The molecule has 4 aromatic rings. The third-order valence-electron chi connectivity index (χ3n) is 4.57. The van der Waals surface area contributed by atoms with Crippen molar-refractivity contribution in [2.45, 2.75) is 6.54 Å². The van der Waals surface area contributed by atoms with Crippen molar-refractivity contribution >= 4 is 45.8 Å². The highest BCUT2D eigenvalue weighted by Gasteiger charge is 2.18. The minimum atomic E-state index is -0.785. The number of nitrogens with one attached hydrogen (secondary N) is 2. The molecule has 8 nitrogen and oxygen atoms in total. The van der Waals surface area contributed by atoms with Gasteiger partial charge in [-0.25, -0.2) is 9.37 Å². The molecule has 0 aliphatic rings. The van der Waals surface area contributed by atoms with Gasteiger partial charge in [0, 0.05) is 17.1 Å². The number of nitriles is 1. The first-order valence-corrected chi connectivity index (χ1v) is 10.1. The SMILES string of the molecule is N#Cc1cc(Cl)cc(Oc2c(Cl)ccc(CNC(=O)c3nc4ccc(N=O)cc4[nH]3)c2F)c1. The fraction of sp³-hybridized carbons (Fsp3) is 0.0455. The molecule has 0 saturated heterocycles. The van der Waals surface area contributed by atoms with Crippen molar-refractivity contribution in [1.82, 2.24) is 15.3 Å². The Hall–Kier alpha value is -4.00. The number of fused-ring (bicyclic) bond motifs is 1. The standard InChI is InChI=1S/C22H12Cl2FN5O3/c23-13-5-11(9-26)6-15(7-13)33-20-16(24)3-1-12(19(20)25)10-27-22(31)21-28-17-4-2-14(30-32)8-18(17)29-21/h1-8H,10H2,(H,27,31)(H,28,29). The van der Waals surface area contributed by atoms with Crippen LogP contribution >= 0.6 is 23.2 Å². The molecular formula is C22H12Cl2FN5O3. The Labute approximate surface area is 195 Å². The van der Waals surface area contributed by atoms with E-state index in [2.05, 4.69) is 20.5 Å². The third-order valence-corrected chi connectivity index (χ3v) is 5.09. The van der Waals surface area contributed by atoms with E-state index in [4.69, 9.17) is 33.2 Å². The summed E-state index contributed by atoms with van der Waals surface area (Å²) in [5.74, 6) is -1.52. The topological polar surface area (TPSA) is 120 Å². The lowest BCUT2D eigenvalue weighted by Gasteiger charge is -2.13. The largest absolute Gasteiger partial charge is 0.453 e. The molecule has 164 valence electrons. The lowest BCUT2D eigenvalue weighted by Crippen LogP contribution is -2.24. The fourth-order valence-electron chi connectivity index (χ4n) is 3.03. The number of hydrogen-bond donors (Lipinski definition) is 2. The van der Waals surface area contributed by atoms with Gasteiger partial charge in [0.05, 0.1) is 27.7 Å². The summed E-state index contributed by atoms with van der Waals surface area (Å²) in [6.07, 6.45) is 0. The number of H-pyrrole nitrogens is 1. The fourth-order valence-corrected chi connectivity index (χ4v) is 3.44. The van der Waals surface area contributed by atoms with Crippen molar-refractivity contribution in [3.63, 3.8) is 0 Å². The van der Waals surface area contributed by atoms with E-state index in [1.165, 1.54) is 42.5 Å². The number of rotatable bonds is 6. The van der Waals surface area contributed by atoms with E-state index in [0.29, 0.717) is 11.0 Å². The number of amides is 1. The molecule has 0 radical (unpaired) electrons. The summed E-state index contributed by atoms with van der Waals surface area (Å²) < 4.78 is 20.6. The molecular weight excluding hydrogens is 472 g/mol. The molecule has 0 fully saturated rings. The maximum atomic E-state index is 15.1. The van der Waals surface area contributed by atoms with Gasteiger partial charge in [0.25, 0.3) is 5.91 Å². The van der Waals surface area contributed by atoms with E-state index in [1.807, 2.05) is 6.07 Å². The maximum Gasteiger partial charge on any atom is 0.287 e. The molecule has 0 aliphatic heterocycles. The normalized spacial score (nSPS) is 10.6. The van der Waals surface area contributed by atoms with E-state index >= 15 is 4.39 Å². The number of hydrogen-bond acceptors (Lipinski definition) is 6. The summed E-state index contributed by atoms with van der Waals surface area (Å²) in [5, 5.41) is 14.7. The molecule has 0 saturated carbocycles. The highest BCUT2D eigenvalue weighted by atomic mass is 35.5. The van der Waals surface area contributed by atoms with Crippen molar-refractivity contribution < 1.29 is 13.9 Å². The van der Waals surface area contributed by atoms with Crippen LogP contribution in [0.5, 0.6) is 11.5 Å². The number of carbonyl (C=O) groups is 1. The van der Waals surface area contributed by atoms with E-state index < -0.39 is 11.7 Å². The van der Waals surface area contributed by atoms with Gasteiger partial charge in [-0.15, -0.1) is 4.91 Å². The zero-order chi connectivity index (χ0) is 23.5. The first kappa shape index (κ1) is 22.2. The summed E-state index contributed by atoms with van der Waals surface area (Å²) in [7, 11) is 0. The number of nitrogens with zero attached hydrogens (tertiary/aromatic N) is 3. The summed E-state index contributed by atoms with van der Waals surface area (Å²) in [5.41, 5.74) is 1.46. The number of benzene rings is 3. The molecule has 3 aromatic carbocycles. The van der Waals surface area contributed by atoms with Gasteiger partial charge in [-0.2, -0.15) is 5.26 Å². The van der Waals surface area contributed by atoms with Crippen molar-refractivity contribution in [3.05, 3.63) is 86.3 Å². The molecule has 1 amide bonds. The first-order valence-electron chi connectivity index (χ1n) is 9.34. The Bertz CT molecular complexity index is 1450. The number of halogens is 3. The zero-order valence-electron chi connectivity index (χ0n) is 16.5. The van der Waals surface area contributed by atoms with Crippen LogP contribution in [0.2, 0.25) is 10.0 Å². The van der Waals surface area contributed by atoms with Gasteiger partial charge in [0.1, 0.15) is 11.4 Å². The second-order valence-corrected chi connectivity index (χ2v) is 7.64. The predicted molar refractivity (Wildman–Crippen MR) is 120 cm³/mol. The van der Waals surface area contributed by atoms with Crippen LogP contribution in [0.15, 0.2) is 53.7 Å². The van der Waals surface area contributed by atoms with Crippen molar-refractivity contribution in [2.75, 3.05) is 0 Å². The number of aromatic amines is 1. The molecule has 33 heavy (non-hydrogen) atoms. The van der Waals surface area contributed by atoms with Crippen molar-refractivity contribution in [3.8, 4) is 17.6 Å². The van der Waals surface area contributed by atoms with Gasteiger partial charge in [-0.1, -0.05) is 29.3 Å². The Kier molecular flexibility index (Phi) is 6.22. The molecule has 11 heteroatoms. The second kappa shape index (κ2) is 9.24. The predicted octanol–water partition coefficient (Wildman–Crippen LogP) is 6.00. The average Bonchev–Trinajstić information content (AvgIpc) is 3.24. The molecule has 0 unspecified atom stereocenters. The molecule has 1 heterocycles. The summed E-state index contributed by atoms with van der Waals surface area (Å²) in [4.78, 5) is 30.1. The summed E-state index contributed by atoms with van der Waals surface area (Å²) in [6.45, 7) is -0.185. The quantitative estimate of drug-likeness (QED) is 0.325. The van der Waals surface area contributed by atoms with Gasteiger partial charge >= 0.3 is 0 Å². The van der Waals surface area contributed by atoms with Crippen LogP contribution in [-0.4, -0.2) is 15.9 Å². The van der Waals surface area contributed by atoms with Gasteiger partial charge in [-0.3, -0.25) is 4.79 Å². The van der Waals surface area contributed by atoms with Crippen LogP contribution in [0.4, 0.5) is 10.1 Å². The highest BCUT2D eigenvalue weighted by molar-refractivity contribution is 6.32. The number of carbonyl (C=O) groups excluding carboxylic acids is 1. The molecule has 0 spiro atoms. The van der Waals surface area contributed by atoms with Crippen LogP contribution in [0, 0.1) is 22.1 Å². The maximum absolute atomic E-state index is 15.1. The Morgan fingerprint density at radius 2 is 2.03 bits per heavy atom. The molecule has 0 atom stereocenters. The average molecular weight is 484 g/mol. The smallest absolute Gasteiger partial charge is 0.287 e. The van der Waals surface area contributed by atoms with E-state index in [9.17, 15) is 9.70 Å². The molecule has 0 aliphatic carbocycles. The number of nitroso groups, excluding NO2 is 1. The second-order valence-electron chi connectivity index (χ2n) is 6.80. The van der Waals surface area contributed by atoms with Crippen molar-refractivity contribution in [2.24, 2.45) is 5.18 Å². The number of imidazole rings is 1. The number of ether oxygens (including phenoxy) is 1.